The van der Waals surface area contributed by atoms with Gasteiger partial charge in [0.15, 0.2) is 0 Å². The van der Waals surface area contributed by atoms with Crippen LogP contribution >= 0.6 is 0 Å². The number of aryl methyl sites for hydroxylation is 1. The lowest BCUT2D eigenvalue weighted by atomic mass is 9.98. The van der Waals surface area contributed by atoms with Crippen molar-refractivity contribution in [2.24, 2.45) is 0 Å². The fraction of sp³-hybridized carbons (Fsp3) is 0.514. The van der Waals surface area contributed by atoms with E-state index in [1.54, 1.807) is 26.0 Å². The van der Waals surface area contributed by atoms with Crippen LogP contribution in [0.1, 0.15) is 123 Å². The number of hydrogen-bond donors (Lipinski definition) is 0. The number of hydrogen-bond acceptors (Lipinski definition) is 4. The van der Waals surface area contributed by atoms with E-state index in [1.807, 2.05) is 24.3 Å². The molecule has 224 valence electrons. The van der Waals surface area contributed by atoms with Gasteiger partial charge in [0.2, 0.25) is 0 Å². The molecule has 0 aliphatic heterocycles. The van der Waals surface area contributed by atoms with Gasteiger partial charge in [0.05, 0.1) is 0 Å². The van der Waals surface area contributed by atoms with E-state index >= 15 is 0 Å². The quantitative estimate of drug-likeness (QED) is 0.0659. The predicted molar refractivity (Wildman–Crippen MR) is 171 cm³/mol. The van der Waals surface area contributed by atoms with Crippen molar-refractivity contribution in [3.8, 4) is 22.6 Å². The smallest absolute Gasteiger partial charge is 0.338 e. The summed E-state index contributed by atoms with van der Waals surface area (Å²) in [7, 11) is 0. The van der Waals surface area contributed by atoms with Crippen molar-refractivity contribution in [1.29, 1.82) is 0 Å². The van der Waals surface area contributed by atoms with Crippen LogP contribution < -0.4 is 9.47 Å². The number of carbonyl (C=O) groups excluding carboxylic acids is 2. The minimum atomic E-state index is -0.438. The zero-order valence-electron chi connectivity index (χ0n) is 25.9. The van der Waals surface area contributed by atoms with Gasteiger partial charge in [-0.1, -0.05) is 128 Å². The zero-order valence-corrected chi connectivity index (χ0v) is 25.9. The van der Waals surface area contributed by atoms with Gasteiger partial charge in [-0.3, -0.25) is 0 Å². The molecule has 2 rings (SSSR count). The fourth-order valence-corrected chi connectivity index (χ4v) is 4.84. The molecule has 0 atom stereocenters. The summed E-state index contributed by atoms with van der Waals surface area (Å²) < 4.78 is 11.0. The molecule has 0 spiro atoms. The van der Waals surface area contributed by atoms with Crippen LogP contribution in [0.3, 0.4) is 0 Å². The van der Waals surface area contributed by atoms with Gasteiger partial charge < -0.3 is 9.47 Å². The lowest BCUT2D eigenvalue weighted by molar-refractivity contribution is -0.131. The van der Waals surface area contributed by atoms with E-state index in [2.05, 4.69) is 26.1 Å². The number of esters is 2. The third-order valence-electron chi connectivity index (χ3n) is 7.41. The van der Waals surface area contributed by atoms with E-state index in [0.717, 1.165) is 29.5 Å². The third kappa shape index (κ3) is 13.9. The van der Waals surface area contributed by atoms with E-state index in [1.165, 1.54) is 89.9 Å². The fourth-order valence-electron chi connectivity index (χ4n) is 4.84. The third-order valence-corrected chi connectivity index (χ3v) is 7.41. The first-order valence-electron chi connectivity index (χ1n) is 15.8. The van der Waals surface area contributed by atoms with Crippen LogP contribution in [-0.4, -0.2) is 11.9 Å². The number of unbranched alkanes of at least 4 members (excludes halogenated alkanes) is 14. The summed E-state index contributed by atoms with van der Waals surface area (Å²) in [6.07, 6.45) is 20.8. The van der Waals surface area contributed by atoms with Crippen LogP contribution in [-0.2, 0) is 16.0 Å². The molecule has 0 aliphatic carbocycles. The highest BCUT2D eigenvalue weighted by atomic mass is 16.5. The molecule has 0 heterocycles. The van der Waals surface area contributed by atoms with Gasteiger partial charge in [-0.25, -0.2) is 9.59 Å². The second-order valence-electron chi connectivity index (χ2n) is 11.4. The largest absolute Gasteiger partial charge is 0.423 e. The molecular weight excluding hydrogens is 508 g/mol. The van der Waals surface area contributed by atoms with Gasteiger partial charge in [-0.15, -0.1) is 0 Å². The summed E-state index contributed by atoms with van der Waals surface area (Å²) >= 11 is 0. The Bertz CT molecular complexity index is 1100. The van der Waals surface area contributed by atoms with Gasteiger partial charge in [-0.2, -0.15) is 0 Å². The van der Waals surface area contributed by atoms with Crippen molar-refractivity contribution in [2.45, 2.75) is 124 Å². The first-order valence-corrected chi connectivity index (χ1v) is 15.8. The van der Waals surface area contributed by atoms with Crippen LogP contribution in [0.4, 0.5) is 0 Å². The van der Waals surface area contributed by atoms with Crippen LogP contribution in [0.25, 0.3) is 11.1 Å². The maximum Gasteiger partial charge on any atom is 0.338 e. The van der Waals surface area contributed by atoms with Crippen LogP contribution in [0.2, 0.25) is 0 Å². The van der Waals surface area contributed by atoms with Crippen LogP contribution in [0, 0.1) is 0 Å². The Morgan fingerprint density at radius 3 is 1.51 bits per heavy atom. The number of rotatable bonds is 21. The maximum atomic E-state index is 12.2. The molecule has 0 unspecified atom stereocenters. The number of carbonyl (C=O) groups is 2. The SMILES string of the molecule is C=C(C)C(=O)Oc1ccc(-c2ccc(OC(=O)C(=C)C)c(CCCCCCCCCCCCCCCCC)c2)cc1. The highest BCUT2D eigenvalue weighted by molar-refractivity contribution is 5.89. The van der Waals surface area contributed by atoms with Crippen LogP contribution in [0.5, 0.6) is 11.5 Å². The first-order chi connectivity index (χ1) is 19.8. The van der Waals surface area contributed by atoms with Gasteiger partial charge in [0.25, 0.3) is 0 Å². The summed E-state index contributed by atoms with van der Waals surface area (Å²) in [6, 6.07) is 13.3. The van der Waals surface area contributed by atoms with Crippen LogP contribution in [0.15, 0.2) is 66.8 Å². The normalized spacial score (nSPS) is 10.8. The number of ether oxygens (including phenoxy) is 2. The van der Waals surface area contributed by atoms with Gasteiger partial charge in [0.1, 0.15) is 11.5 Å². The van der Waals surface area contributed by atoms with E-state index < -0.39 is 11.9 Å². The summed E-state index contributed by atoms with van der Waals surface area (Å²) in [4.78, 5) is 24.0. The standard InChI is InChI=1S/C37H52O4/c1-6-7-8-9-10-11-12-13-14-15-16-17-18-19-20-21-33-28-32(24-27-35(33)41-37(39)30(4)5)31-22-25-34(26-23-31)40-36(38)29(2)3/h22-28H,2,4,6-21H2,1,3,5H3. The summed E-state index contributed by atoms with van der Waals surface area (Å²) in [5.74, 6) is 0.234. The summed E-state index contributed by atoms with van der Waals surface area (Å²) in [5.41, 5.74) is 3.78. The lowest BCUT2D eigenvalue weighted by Gasteiger charge is -2.13. The summed E-state index contributed by atoms with van der Waals surface area (Å²) in [5, 5.41) is 0. The molecule has 0 amide bonds. The van der Waals surface area contributed by atoms with E-state index in [0.29, 0.717) is 22.6 Å². The highest BCUT2D eigenvalue weighted by Crippen LogP contribution is 2.30. The molecule has 0 saturated heterocycles. The molecule has 0 saturated carbocycles. The zero-order chi connectivity index (χ0) is 29.9. The molecule has 0 aliphatic rings. The Balaban J connectivity index is 1.81. The van der Waals surface area contributed by atoms with Crippen molar-refractivity contribution in [3.63, 3.8) is 0 Å². The molecule has 2 aromatic rings. The molecule has 2 aromatic carbocycles. The Labute approximate surface area is 249 Å². The van der Waals surface area contributed by atoms with Gasteiger partial charge in [0, 0.05) is 11.1 Å². The second-order valence-corrected chi connectivity index (χ2v) is 11.4. The first kappa shape index (κ1) is 34.1. The van der Waals surface area contributed by atoms with E-state index in [-0.39, 0.29) is 0 Å². The highest BCUT2D eigenvalue weighted by Gasteiger charge is 2.12. The monoisotopic (exact) mass is 560 g/mol. The van der Waals surface area contributed by atoms with Crippen molar-refractivity contribution in [1.82, 2.24) is 0 Å². The Hall–Kier alpha value is -3.14. The Morgan fingerprint density at radius 1 is 0.585 bits per heavy atom. The Morgan fingerprint density at radius 2 is 1.02 bits per heavy atom. The van der Waals surface area contributed by atoms with Crippen molar-refractivity contribution >= 4 is 11.9 Å². The number of benzene rings is 2. The molecule has 0 fully saturated rings. The Kier molecular flexibility index (Phi) is 16.5. The predicted octanol–water partition coefficient (Wildman–Crippen LogP) is 10.7. The molecule has 0 bridgehead atoms. The molecule has 0 radical (unpaired) electrons. The molecule has 0 aromatic heterocycles. The lowest BCUT2D eigenvalue weighted by Crippen LogP contribution is -2.10. The topological polar surface area (TPSA) is 52.6 Å². The molecule has 41 heavy (non-hydrogen) atoms. The van der Waals surface area contributed by atoms with E-state index in [4.69, 9.17) is 9.47 Å². The van der Waals surface area contributed by atoms with Gasteiger partial charge in [-0.05, 0) is 67.6 Å². The molecule has 4 nitrogen and oxygen atoms in total. The molecule has 4 heteroatoms. The minimum absolute atomic E-state index is 0.359. The average Bonchev–Trinajstić information content (AvgIpc) is 2.96. The van der Waals surface area contributed by atoms with Crippen molar-refractivity contribution in [3.05, 3.63) is 72.3 Å². The minimum Gasteiger partial charge on any atom is -0.423 e. The molecule has 0 N–H and O–H groups in total. The second kappa shape index (κ2) is 19.9. The average molecular weight is 561 g/mol. The van der Waals surface area contributed by atoms with E-state index in [9.17, 15) is 9.59 Å². The molecular formula is C37H52O4. The van der Waals surface area contributed by atoms with Crippen molar-refractivity contribution in [2.75, 3.05) is 0 Å². The van der Waals surface area contributed by atoms with Crippen molar-refractivity contribution < 1.29 is 19.1 Å². The summed E-state index contributed by atoms with van der Waals surface area (Å²) in [6.45, 7) is 12.9. The van der Waals surface area contributed by atoms with Gasteiger partial charge >= 0.3 is 11.9 Å². The maximum absolute atomic E-state index is 12.2.